The summed E-state index contributed by atoms with van der Waals surface area (Å²) in [6.07, 6.45) is 0. The van der Waals surface area contributed by atoms with Gasteiger partial charge in [0.05, 0.1) is 6.04 Å². The quantitative estimate of drug-likeness (QED) is 0.808. The van der Waals surface area contributed by atoms with Crippen LogP contribution in [0.15, 0.2) is 24.3 Å². The van der Waals surface area contributed by atoms with Gasteiger partial charge in [0.15, 0.2) is 5.78 Å². The lowest BCUT2D eigenvalue weighted by molar-refractivity contribution is -0.117. The van der Waals surface area contributed by atoms with E-state index in [2.05, 4.69) is 5.32 Å². The first-order valence-corrected chi connectivity index (χ1v) is 4.50. The van der Waals surface area contributed by atoms with Gasteiger partial charge in [-0.3, -0.25) is 4.79 Å². The van der Waals surface area contributed by atoms with Crippen LogP contribution in [0.2, 0.25) is 5.02 Å². The first-order chi connectivity index (χ1) is 6.09. The second kappa shape index (κ2) is 4.28. The van der Waals surface area contributed by atoms with Gasteiger partial charge in [-0.05, 0) is 32.0 Å². The van der Waals surface area contributed by atoms with Crippen molar-refractivity contribution >= 4 is 23.1 Å². The summed E-state index contributed by atoms with van der Waals surface area (Å²) >= 11 is 5.78. The van der Waals surface area contributed by atoms with Crippen LogP contribution < -0.4 is 5.32 Å². The molecule has 0 aliphatic heterocycles. The predicted octanol–water partition coefficient (Wildman–Crippen LogP) is 2.73. The molecule has 0 aliphatic rings. The van der Waals surface area contributed by atoms with E-state index in [0.717, 1.165) is 5.69 Å². The van der Waals surface area contributed by atoms with Crippen LogP contribution in [-0.4, -0.2) is 11.8 Å². The lowest BCUT2D eigenvalue weighted by atomic mass is 10.2. The zero-order chi connectivity index (χ0) is 9.84. The Hall–Kier alpha value is -1.02. The third kappa shape index (κ3) is 3.07. The van der Waals surface area contributed by atoms with Gasteiger partial charge in [0.2, 0.25) is 0 Å². The molecule has 1 atom stereocenters. The molecule has 0 bridgehead atoms. The summed E-state index contributed by atoms with van der Waals surface area (Å²) in [5.41, 5.74) is 0.871. The van der Waals surface area contributed by atoms with Gasteiger partial charge in [-0.25, -0.2) is 0 Å². The van der Waals surface area contributed by atoms with E-state index in [9.17, 15) is 4.79 Å². The highest BCUT2D eigenvalue weighted by molar-refractivity contribution is 6.30. The molecule has 1 rings (SSSR count). The highest BCUT2D eigenvalue weighted by Crippen LogP contribution is 2.15. The molecule has 0 radical (unpaired) electrons. The minimum Gasteiger partial charge on any atom is -0.375 e. The van der Waals surface area contributed by atoms with Gasteiger partial charge in [0, 0.05) is 10.7 Å². The van der Waals surface area contributed by atoms with Crippen LogP contribution in [-0.2, 0) is 4.79 Å². The van der Waals surface area contributed by atoms with Crippen LogP contribution in [0, 0.1) is 0 Å². The minimum absolute atomic E-state index is 0.111. The molecule has 13 heavy (non-hydrogen) atoms. The van der Waals surface area contributed by atoms with Crippen molar-refractivity contribution in [3.8, 4) is 0 Å². The molecule has 1 aromatic rings. The molecular formula is C10H12ClNO. The van der Waals surface area contributed by atoms with E-state index in [-0.39, 0.29) is 11.8 Å². The van der Waals surface area contributed by atoms with Crippen LogP contribution in [0.4, 0.5) is 5.69 Å². The number of ketones is 1. The van der Waals surface area contributed by atoms with E-state index < -0.39 is 0 Å². The van der Waals surface area contributed by atoms with Gasteiger partial charge in [-0.2, -0.15) is 0 Å². The topological polar surface area (TPSA) is 29.1 Å². The third-order valence-corrected chi connectivity index (χ3v) is 2.05. The fourth-order valence-electron chi connectivity index (χ4n) is 0.930. The summed E-state index contributed by atoms with van der Waals surface area (Å²) in [6, 6.07) is 7.15. The summed E-state index contributed by atoms with van der Waals surface area (Å²) < 4.78 is 0. The largest absolute Gasteiger partial charge is 0.375 e. The molecule has 70 valence electrons. The normalized spacial score (nSPS) is 12.2. The van der Waals surface area contributed by atoms with Crippen LogP contribution in [0.3, 0.4) is 0 Å². The van der Waals surface area contributed by atoms with Gasteiger partial charge < -0.3 is 5.32 Å². The molecule has 0 saturated heterocycles. The Balaban J connectivity index is 2.69. The van der Waals surface area contributed by atoms with Crippen LogP contribution in [0.25, 0.3) is 0 Å². The molecule has 0 saturated carbocycles. The number of carbonyl (C=O) groups excluding carboxylic acids is 1. The van der Waals surface area contributed by atoms with E-state index in [0.29, 0.717) is 5.02 Å². The van der Waals surface area contributed by atoms with Gasteiger partial charge >= 0.3 is 0 Å². The summed E-state index contributed by atoms with van der Waals surface area (Å²) in [4.78, 5) is 10.9. The zero-order valence-electron chi connectivity index (χ0n) is 7.67. The number of benzene rings is 1. The Labute approximate surface area is 82.9 Å². The standard InChI is InChI=1S/C10H12ClNO/c1-7(8(2)13)12-10-5-3-4-9(11)6-10/h3-7,12H,1-2H3. The van der Waals surface area contributed by atoms with Crippen molar-refractivity contribution < 1.29 is 4.79 Å². The molecule has 1 aromatic carbocycles. The summed E-state index contributed by atoms with van der Waals surface area (Å²) in [5.74, 6) is 0.111. The number of Topliss-reactive ketones (excluding diaryl/α,β-unsaturated/α-hetero) is 1. The van der Waals surface area contributed by atoms with E-state index in [1.165, 1.54) is 0 Å². The van der Waals surface area contributed by atoms with Crippen molar-refractivity contribution in [3.63, 3.8) is 0 Å². The molecule has 0 fully saturated rings. The van der Waals surface area contributed by atoms with Gasteiger partial charge in [-0.1, -0.05) is 17.7 Å². The summed E-state index contributed by atoms with van der Waals surface area (Å²) in [7, 11) is 0. The third-order valence-electron chi connectivity index (χ3n) is 1.82. The van der Waals surface area contributed by atoms with Crippen LogP contribution in [0.5, 0.6) is 0 Å². The van der Waals surface area contributed by atoms with Gasteiger partial charge in [-0.15, -0.1) is 0 Å². The Morgan fingerprint density at radius 2 is 2.23 bits per heavy atom. The van der Waals surface area contributed by atoms with E-state index in [1.807, 2.05) is 19.1 Å². The molecule has 0 heterocycles. The maximum Gasteiger partial charge on any atom is 0.151 e. The Bertz CT molecular complexity index is 312. The van der Waals surface area contributed by atoms with Crippen LogP contribution in [0.1, 0.15) is 13.8 Å². The van der Waals surface area contributed by atoms with Crippen LogP contribution >= 0.6 is 11.6 Å². The molecule has 0 spiro atoms. The highest BCUT2D eigenvalue weighted by atomic mass is 35.5. The van der Waals surface area contributed by atoms with Crippen molar-refractivity contribution in [2.75, 3.05) is 5.32 Å². The van der Waals surface area contributed by atoms with Crippen molar-refractivity contribution in [2.24, 2.45) is 0 Å². The Kier molecular flexibility index (Phi) is 3.32. The molecular weight excluding hydrogens is 186 g/mol. The fourth-order valence-corrected chi connectivity index (χ4v) is 1.12. The number of hydrogen-bond donors (Lipinski definition) is 1. The SMILES string of the molecule is CC(=O)C(C)Nc1cccc(Cl)c1. The molecule has 2 nitrogen and oxygen atoms in total. The maximum absolute atomic E-state index is 10.9. The molecule has 3 heteroatoms. The smallest absolute Gasteiger partial charge is 0.151 e. The average molecular weight is 198 g/mol. The van der Waals surface area contributed by atoms with Crippen molar-refractivity contribution in [1.29, 1.82) is 0 Å². The second-order valence-electron chi connectivity index (χ2n) is 2.99. The van der Waals surface area contributed by atoms with Gasteiger partial charge in [0.25, 0.3) is 0 Å². The average Bonchev–Trinajstić information content (AvgIpc) is 2.04. The maximum atomic E-state index is 10.9. The molecule has 0 amide bonds. The molecule has 0 aliphatic carbocycles. The number of halogens is 1. The van der Waals surface area contributed by atoms with E-state index in [4.69, 9.17) is 11.6 Å². The number of hydrogen-bond acceptors (Lipinski definition) is 2. The monoisotopic (exact) mass is 197 g/mol. The first kappa shape index (κ1) is 10.1. The minimum atomic E-state index is -0.168. The van der Waals surface area contributed by atoms with Gasteiger partial charge in [0.1, 0.15) is 0 Å². The highest BCUT2D eigenvalue weighted by Gasteiger charge is 2.06. The second-order valence-corrected chi connectivity index (χ2v) is 3.42. The first-order valence-electron chi connectivity index (χ1n) is 4.12. The number of rotatable bonds is 3. The molecule has 0 aromatic heterocycles. The number of nitrogens with one attached hydrogen (secondary N) is 1. The van der Waals surface area contributed by atoms with Crippen molar-refractivity contribution in [3.05, 3.63) is 29.3 Å². The summed E-state index contributed by atoms with van der Waals surface area (Å²) in [5, 5.41) is 3.72. The van der Waals surface area contributed by atoms with E-state index >= 15 is 0 Å². The lowest BCUT2D eigenvalue weighted by Crippen LogP contribution is -2.23. The zero-order valence-corrected chi connectivity index (χ0v) is 8.43. The number of anilines is 1. The molecule has 1 unspecified atom stereocenters. The fraction of sp³-hybridized carbons (Fsp3) is 0.300. The predicted molar refractivity (Wildman–Crippen MR) is 55.2 cm³/mol. The lowest BCUT2D eigenvalue weighted by Gasteiger charge is -2.11. The Morgan fingerprint density at radius 3 is 2.77 bits per heavy atom. The summed E-state index contributed by atoms with van der Waals surface area (Å²) in [6.45, 7) is 3.38. The molecule has 1 N–H and O–H groups in total. The number of carbonyl (C=O) groups is 1. The van der Waals surface area contributed by atoms with Crippen molar-refractivity contribution in [1.82, 2.24) is 0 Å². The Morgan fingerprint density at radius 1 is 1.54 bits per heavy atom. The van der Waals surface area contributed by atoms with E-state index in [1.54, 1.807) is 19.1 Å². The van der Waals surface area contributed by atoms with Crippen molar-refractivity contribution in [2.45, 2.75) is 19.9 Å².